The maximum absolute atomic E-state index is 12.5. The number of aryl methyl sites for hydroxylation is 1. The fraction of sp³-hybridized carbons (Fsp3) is 0.286. The van der Waals surface area contributed by atoms with Gasteiger partial charge in [-0.05, 0) is 25.5 Å². The van der Waals surface area contributed by atoms with Crippen molar-refractivity contribution >= 4 is 0 Å². The standard InChI is InChI=1S/C7H8FN/c1-5-3-4-9-7(8)6(5)2/h3-4H,1-2H3. The van der Waals surface area contributed by atoms with Crippen molar-refractivity contribution < 1.29 is 4.39 Å². The van der Waals surface area contributed by atoms with Crippen LogP contribution in [0.3, 0.4) is 0 Å². The molecule has 1 nitrogen and oxygen atoms in total. The van der Waals surface area contributed by atoms with Crippen LogP contribution < -0.4 is 0 Å². The third kappa shape index (κ3) is 1.07. The number of pyridine rings is 1. The molecule has 1 aromatic heterocycles. The summed E-state index contributed by atoms with van der Waals surface area (Å²) in [5.74, 6) is -0.366. The summed E-state index contributed by atoms with van der Waals surface area (Å²) >= 11 is 0. The molecule has 0 radical (unpaired) electrons. The van der Waals surface area contributed by atoms with Gasteiger partial charge < -0.3 is 0 Å². The van der Waals surface area contributed by atoms with Gasteiger partial charge in [-0.2, -0.15) is 4.39 Å². The Kier molecular flexibility index (Phi) is 1.47. The first kappa shape index (κ1) is 6.20. The molecule has 0 saturated carbocycles. The van der Waals surface area contributed by atoms with Crippen molar-refractivity contribution in [1.29, 1.82) is 0 Å². The summed E-state index contributed by atoms with van der Waals surface area (Å²) < 4.78 is 12.5. The van der Waals surface area contributed by atoms with Crippen molar-refractivity contribution in [2.45, 2.75) is 13.8 Å². The topological polar surface area (TPSA) is 12.9 Å². The Balaban J connectivity index is 3.25. The van der Waals surface area contributed by atoms with Gasteiger partial charge in [0.15, 0.2) is 0 Å². The molecule has 48 valence electrons. The van der Waals surface area contributed by atoms with Gasteiger partial charge in [0.05, 0.1) is 0 Å². The summed E-state index contributed by atoms with van der Waals surface area (Å²) in [6, 6.07) is 1.79. The minimum atomic E-state index is -0.366. The van der Waals surface area contributed by atoms with Gasteiger partial charge in [0.2, 0.25) is 5.95 Å². The number of nitrogens with zero attached hydrogens (tertiary/aromatic N) is 1. The zero-order valence-corrected chi connectivity index (χ0v) is 5.48. The van der Waals surface area contributed by atoms with Crippen LogP contribution >= 0.6 is 0 Å². The van der Waals surface area contributed by atoms with E-state index in [2.05, 4.69) is 4.98 Å². The molecule has 0 aliphatic carbocycles. The van der Waals surface area contributed by atoms with Gasteiger partial charge in [0.25, 0.3) is 0 Å². The summed E-state index contributed by atoms with van der Waals surface area (Å²) in [6.07, 6.45) is 1.47. The molecule has 0 aliphatic heterocycles. The van der Waals surface area contributed by atoms with Crippen molar-refractivity contribution in [3.05, 3.63) is 29.3 Å². The van der Waals surface area contributed by atoms with Gasteiger partial charge >= 0.3 is 0 Å². The van der Waals surface area contributed by atoms with Gasteiger partial charge in [0.1, 0.15) is 0 Å². The van der Waals surface area contributed by atoms with Crippen LogP contribution in [-0.4, -0.2) is 4.98 Å². The highest BCUT2D eigenvalue weighted by Crippen LogP contribution is 2.06. The average Bonchev–Trinajstić information content (AvgIpc) is 1.83. The zero-order chi connectivity index (χ0) is 6.85. The fourth-order valence-electron chi connectivity index (χ4n) is 0.599. The van der Waals surface area contributed by atoms with E-state index in [9.17, 15) is 4.39 Å². The molecule has 0 fully saturated rings. The number of aromatic nitrogens is 1. The van der Waals surface area contributed by atoms with Crippen LogP contribution in [0.1, 0.15) is 11.1 Å². The Morgan fingerprint density at radius 2 is 2.11 bits per heavy atom. The third-order valence-electron chi connectivity index (χ3n) is 1.41. The second kappa shape index (κ2) is 2.13. The molecule has 0 spiro atoms. The summed E-state index contributed by atoms with van der Waals surface area (Å²) in [6.45, 7) is 3.58. The van der Waals surface area contributed by atoms with Crippen molar-refractivity contribution in [2.24, 2.45) is 0 Å². The Morgan fingerprint density at radius 3 is 2.56 bits per heavy atom. The zero-order valence-electron chi connectivity index (χ0n) is 5.48. The predicted octanol–water partition coefficient (Wildman–Crippen LogP) is 1.84. The minimum Gasteiger partial charge on any atom is -0.228 e. The van der Waals surface area contributed by atoms with Gasteiger partial charge in [-0.15, -0.1) is 0 Å². The molecule has 0 aliphatic rings. The molecule has 9 heavy (non-hydrogen) atoms. The molecule has 0 saturated heterocycles. The molecular formula is C7H8FN. The van der Waals surface area contributed by atoms with E-state index in [1.165, 1.54) is 6.20 Å². The van der Waals surface area contributed by atoms with Crippen LogP contribution in [0.5, 0.6) is 0 Å². The van der Waals surface area contributed by atoms with Gasteiger partial charge in [0, 0.05) is 11.8 Å². The van der Waals surface area contributed by atoms with Gasteiger partial charge in [-0.3, -0.25) is 0 Å². The van der Waals surface area contributed by atoms with Crippen molar-refractivity contribution in [3.8, 4) is 0 Å². The lowest BCUT2D eigenvalue weighted by Crippen LogP contribution is -1.89. The van der Waals surface area contributed by atoms with Crippen LogP contribution in [0, 0.1) is 19.8 Å². The van der Waals surface area contributed by atoms with Crippen LogP contribution in [-0.2, 0) is 0 Å². The predicted molar refractivity (Wildman–Crippen MR) is 33.7 cm³/mol. The van der Waals surface area contributed by atoms with E-state index in [1.807, 2.05) is 6.92 Å². The van der Waals surface area contributed by atoms with Gasteiger partial charge in [-0.25, -0.2) is 4.98 Å². The molecule has 0 atom stereocenters. The summed E-state index contributed by atoms with van der Waals surface area (Å²) in [7, 11) is 0. The number of halogens is 1. The lowest BCUT2D eigenvalue weighted by atomic mass is 10.2. The second-order valence-electron chi connectivity index (χ2n) is 2.04. The SMILES string of the molecule is Cc1ccnc(F)c1C. The lowest BCUT2D eigenvalue weighted by molar-refractivity contribution is 0.572. The number of rotatable bonds is 0. The Hall–Kier alpha value is -0.920. The monoisotopic (exact) mass is 125 g/mol. The molecule has 0 N–H and O–H groups in total. The van der Waals surface area contributed by atoms with Crippen LogP contribution in [0.2, 0.25) is 0 Å². The van der Waals surface area contributed by atoms with Crippen LogP contribution in [0.4, 0.5) is 4.39 Å². The number of hydrogen-bond acceptors (Lipinski definition) is 1. The molecule has 1 rings (SSSR count). The van der Waals surface area contributed by atoms with Gasteiger partial charge in [-0.1, -0.05) is 0 Å². The smallest absolute Gasteiger partial charge is 0.215 e. The van der Waals surface area contributed by atoms with E-state index < -0.39 is 0 Å². The molecule has 1 heterocycles. The van der Waals surface area contributed by atoms with Crippen LogP contribution in [0.25, 0.3) is 0 Å². The molecule has 0 amide bonds. The molecule has 0 unspecified atom stereocenters. The van der Waals surface area contributed by atoms with Crippen molar-refractivity contribution in [2.75, 3.05) is 0 Å². The van der Waals surface area contributed by atoms with Crippen molar-refractivity contribution in [1.82, 2.24) is 4.98 Å². The summed E-state index contributed by atoms with van der Waals surface area (Å²) in [4.78, 5) is 3.47. The summed E-state index contributed by atoms with van der Waals surface area (Å²) in [5.41, 5.74) is 1.58. The van der Waals surface area contributed by atoms with E-state index in [0.717, 1.165) is 5.56 Å². The maximum atomic E-state index is 12.5. The maximum Gasteiger partial charge on any atom is 0.215 e. The highest BCUT2D eigenvalue weighted by molar-refractivity contribution is 5.20. The first-order valence-electron chi connectivity index (χ1n) is 2.79. The molecular weight excluding hydrogens is 117 g/mol. The molecule has 2 heteroatoms. The van der Waals surface area contributed by atoms with E-state index >= 15 is 0 Å². The number of hydrogen-bond donors (Lipinski definition) is 0. The first-order chi connectivity index (χ1) is 4.22. The fourth-order valence-corrected chi connectivity index (χ4v) is 0.599. The molecule has 0 aromatic carbocycles. The quantitative estimate of drug-likeness (QED) is 0.482. The average molecular weight is 125 g/mol. The second-order valence-corrected chi connectivity index (χ2v) is 2.04. The van der Waals surface area contributed by atoms with Crippen LogP contribution in [0.15, 0.2) is 12.3 Å². The highest BCUT2D eigenvalue weighted by atomic mass is 19.1. The van der Waals surface area contributed by atoms with E-state index in [1.54, 1.807) is 13.0 Å². The normalized spacial score (nSPS) is 9.67. The Labute approximate surface area is 53.5 Å². The van der Waals surface area contributed by atoms with E-state index in [-0.39, 0.29) is 5.95 Å². The van der Waals surface area contributed by atoms with E-state index in [0.29, 0.717) is 5.56 Å². The Morgan fingerprint density at radius 1 is 1.44 bits per heavy atom. The third-order valence-corrected chi connectivity index (χ3v) is 1.41. The van der Waals surface area contributed by atoms with Crippen molar-refractivity contribution in [3.63, 3.8) is 0 Å². The molecule has 1 aromatic rings. The summed E-state index contributed by atoms with van der Waals surface area (Å²) in [5, 5.41) is 0. The Bertz CT molecular complexity index is 200. The minimum absolute atomic E-state index is 0.366. The van der Waals surface area contributed by atoms with E-state index in [4.69, 9.17) is 0 Å². The molecule has 0 bridgehead atoms. The largest absolute Gasteiger partial charge is 0.228 e. The lowest BCUT2D eigenvalue weighted by Gasteiger charge is -1.96. The first-order valence-corrected chi connectivity index (χ1v) is 2.79. The highest BCUT2D eigenvalue weighted by Gasteiger charge is 1.97.